The van der Waals surface area contributed by atoms with Crippen molar-refractivity contribution in [3.05, 3.63) is 59.2 Å². The summed E-state index contributed by atoms with van der Waals surface area (Å²) in [6.07, 6.45) is 0.564. The van der Waals surface area contributed by atoms with E-state index in [1.54, 1.807) is 24.3 Å². The number of ether oxygens (including phenoxy) is 3. The molecule has 0 spiro atoms. The molecule has 0 bridgehead atoms. The van der Waals surface area contributed by atoms with Gasteiger partial charge in [-0.25, -0.2) is 8.78 Å². The predicted octanol–water partition coefficient (Wildman–Crippen LogP) is 3.84. The third-order valence-corrected chi connectivity index (χ3v) is 6.05. The van der Waals surface area contributed by atoms with Crippen LogP contribution in [0.3, 0.4) is 0 Å². The summed E-state index contributed by atoms with van der Waals surface area (Å²) in [5.41, 5.74) is 0.852. The first-order valence-corrected chi connectivity index (χ1v) is 10.9. The Morgan fingerprint density at radius 1 is 1.22 bits per heavy atom. The Labute approximate surface area is 186 Å². The van der Waals surface area contributed by atoms with Gasteiger partial charge in [0.1, 0.15) is 0 Å². The average molecular weight is 446 g/mol. The maximum Gasteiger partial charge on any atom is 0.254 e. The molecule has 2 aliphatic rings. The van der Waals surface area contributed by atoms with Crippen molar-refractivity contribution in [3.63, 3.8) is 0 Å². The Bertz CT molecular complexity index is 971. The molecule has 2 heterocycles. The van der Waals surface area contributed by atoms with Crippen LogP contribution in [0.25, 0.3) is 0 Å². The average Bonchev–Trinajstić information content (AvgIpc) is 3.28. The van der Waals surface area contributed by atoms with Crippen molar-refractivity contribution in [1.29, 1.82) is 0 Å². The van der Waals surface area contributed by atoms with Gasteiger partial charge in [0.05, 0.1) is 12.7 Å². The van der Waals surface area contributed by atoms with Gasteiger partial charge in [0.15, 0.2) is 23.1 Å². The van der Waals surface area contributed by atoms with Gasteiger partial charge in [-0.15, -0.1) is 0 Å². The second kappa shape index (κ2) is 9.83. The molecule has 2 aromatic rings. The first-order valence-electron chi connectivity index (χ1n) is 10.9. The Balaban J connectivity index is 1.45. The van der Waals surface area contributed by atoms with Crippen LogP contribution in [0.4, 0.5) is 8.78 Å². The standard InChI is InChI=1S/C24H28F2N2O4/c1-3-16(2)28(24(29)17-7-8-21-22(11-17)32-15-31-21)14-19-13-27(9-10-30-19)12-18-5-4-6-20(25)23(18)26/h4-8,11,16,19H,3,9-10,12-15H2,1-2H3. The monoisotopic (exact) mass is 446 g/mol. The maximum atomic E-state index is 14.1. The number of nitrogens with zero attached hydrogens (tertiary/aromatic N) is 2. The molecule has 0 N–H and O–H groups in total. The van der Waals surface area contributed by atoms with E-state index in [1.807, 2.05) is 23.6 Å². The van der Waals surface area contributed by atoms with Gasteiger partial charge in [0, 0.05) is 43.3 Å². The second-order valence-corrected chi connectivity index (χ2v) is 8.22. The van der Waals surface area contributed by atoms with Gasteiger partial charge in [-0.1, -0.05) is 19.1 Å². The number of hydrogen-bond donors (Lipinski definition) is 0. The Morgan fingerprint density at radius 2 is 2.03 bits per heavy atom. The summed E-state index contributed by atoms with van der Waals surface area (Å²) in [5, 5.41) is 0. The molecule has 0 saturated carbocycles. The quantitative estimate of drug-likeness (QED) is 0.647. The molecule has 1 fully saturated rings. The molecular formula is C24H28F2N2O4. The minimum absolute atomic E-state index is 0.00700. The first kappa shape index (κ1) is 22.5. The molecule has 2 aromatic carbocycles. The molecule has 8 heteroatoms. The Kier molecular flexibility index (Phi) is 6.91. The highest BCUT2D eigenvalue weighted by Gasteiger charge is 2.29. The molecule has 2 unspecified atom stereocenters. The van der Waals surface area contributed by atoms with E-state index in [2.05, 4.69) is 0 Å². The van der Waals surface area contributed by atoms with E-state index in [0.717, 1.165) is 12.5 Å². The second-order valence-electron chi connectivity index (χ2n) is 8.22. The van der Waals surface area contributed by atoms with Crippen LogP contribution in [0.1, 0.15) is 36.2 Å². The molecule has 0 aliphatic carbocycles. The van der Waals surface area contributed by atoms with Crippen LogP contribution in [0.2, 0.25) is 0 Å². The topological polar surface area (TPSA) is 51.2 Å². The number of hydrogen-bond acceptors (Lipinski definition) is 5. The van der Waals surface area contributed by atoms with Crippen LogP contribution in [0.15, 0.2) is 36.4 Å². The highest BCUT2D eigenvalue weighted by atomic mass is 19.2. The van der Waals surface area contributed by atoms with E-state index in [4.69, 9.17) is 14.2 Å². The molecule has 6 nitrogen and oxygen atoms in total. The van der Waals surface area contributed by atoms with Crippen LogP contribution in [-0.2, 0) is 11.3 Å². The van der Waals surface area contributed by atoms with Gasteiger partial charge in [-0.05, 0) is 37.6 Å². The van der Waals surface area contributed by atoms with Crippen molar-refractivity contribution in [2.24, 2.45) is 0 Å². The zero-order valence-electron chi connectivity index (χ0n) is 18.4. The highest BCUT2D eigenvalue weighted by Crippen LogP contribution is 2.33. The summed E-state index contributed by atoms with van der Waals surface area (Å²) in [6.45, 7) is 6.50. The first-order chi connectivity index (χ1) is 15.5. The van der Waals surface area contributed by atoms with Crippen molar-refractivity contribution in [2.45, 2.75) is 39.0 Å². The minimum Gasteiger partial charge on any atom is -0.454 e. The van der Waals surface area contributed by atoms with Crippen LogP contribution in [0, 0.1) is 11.6 Å². The fourth-order valence-corrected chi connectivity index (χ4v) is 4.04. The highest BCUT2D eigenvalue weighted by molar-refractivity contribution is 5.95. The number of fused-ring (bicyclic) bond motifs is 1. The molecule has 0 radical (unpaired) electrons. The van der Waals surface area contributed by atoms with Crippen LogP contribution >= 0.6 is 0 Å². The molecule has 1 amide bonds. The minimum atomic E-state index is -0.843. The summed E-state index contributed by atoms with van der Waals surface area (Å²) >= 11 is 0. The van der Waals surface area contributed by atoms with E-state index in [0.29, 0.717) is 55.4 Å². The molecule has 172 valence electrons. The van der Waals surface area contributed by atoms with Crippen molar-refractivity contribution < 1.29 is 27.8 Å². The van der Waals surface area contributed by atoms with Crippen molar-refractivity contribution in [2.75, 3.05) is 33.0 Å². The fraction of sp³-hybridized carbons (Fsp3) is 0.458. The summed E-state index contributed by atoms with van der Waals surface area (Å²) in [6, 6.07) is 9.43. The normalized spacial score (nSPS) is 19.1. The van der Waals surface area contributed by atoms with Gasteiger partial charge in [-0.3, -0.25) is 9.69 Å². The van der Waals surface area contributed by atoms with Gasteiger partial charge < -0.3 is 19.1 Å². The Morgan fingerprint density at radius 3 is 2.84 bits per heavy atom. The number of amides is 1. The number of carbonyl (C=O) groups excluding carboxylic acids is 1. The molecule has 1 saturated heterocycles. The maximum absolute atomic E-state index is 14.1. The van der Waals surface area contributed by atoms with Crippen molar-refractivity contribution in [1.82, 2.24) is 9.80 Å². The third-order valence-electron chi connectivity index (χ3n) is 6.05. The van der Waals surface area contributed by atoms with Gasteiger partial charge in [0.25, 0.3) is 5.91 Å². The number of benzene rings is 2. The molecular weight excluding hydrogens is 418 g/mol. The lowest BCUT2D eigenvalue weighted by atomic mass is 10.1. The zero-order valence-corrected chi connectivity index (χ0v) is 18.4. The van der Waals surface area contributed by atoms with Crippen LogP contribution in [0.5, 0.6) is 11.5 Å². The molecule has 32 heavy (non-hydrogen) atoms. The van der Waals surface area contributed by atoms with Crippen LogP contribution < -0.4 is 9.47 Å². The lowest BCUT2D eigenvalue weighted by Gasteiger charge is -2.37. The number of carbonyl (C=O) groups is 1. The number of morpholine rings is 1. The van der Waals surface area contributed by atoms with Crippen molar-refractivity contribution in [3.8, 4) is 11.5 Å². The molecule has 2 aliphatic heterocycles. The van der Waals surface area contributed by atoms with Gasteiger partial charge in [-0.2, -0.15) is 0 Å². The van der Waals surface area contributed by atoms with Gasteiger partial charge in [0.2, 0.25) is 6.79 Å². The number of rotatable bonds is 7. The predicted molar refractivity (Wildman–Crippen MR) is 115 cm³/mol. The lowest BCUT2D eigenvalue weighted by molar-refractivity contribution is -0.0468. The zero-order chi connectivity index (χ0) is 22.7. The lowest BCUT2D eigenvalue weighted by Crippen LogP contribution is -2.50. The fourth-order valence-electron chi connectivity index (χ4n) is 4.04. The van der Waals surface area contributed by atoms with E-state index in [9.17, 15) is 13.6 Å². The van der Waals surface area contributed by atoms with Crippen LogP contribution in [-0.4, -0.2) is 60.9 Å². The summed E-state index contributed by atoms with van der Waals surface area (Å²) < 4.78 is 44.3. The van der Waals surface area contributed by atoms with E-state index < -0.39 is 11.6 Å². The summed E-state index contributed by atoms with van der Waals surface area (Å²) in [7, 11) is 0. The Hall–Kier alpha value is -2.71. The van der Waals surface area contributed by atoms with E-state index >= 15 is 0 Å². The molecule has 2 atom stereocenters. The van der Waals surface area contributed by atoms with E-state index in [1.165, 1.54) is 6.07 Å². The summed E-state index contributed by atoms with van der Waals surface area (Å²) in [5.74, 6) is -0.557. The largest absolute Gasteiger partial charge is 0.454 e. The van der Waals surface area contributed by atoms with E-state index in [-0.39, 0.29) is 24.8 Å². The SMILES string of the molecule is CCC(C)N(CC1CN(Cc2cccc(F)c2F)CCO1)C(=O)c1ccc2c(c1)OCO2. The number of halogens is 2. The molecule has 4 rings (SSSR count). The molecule has 0 aromatic heterocycles. The van der Waals surface area contributed by atoms with Crippen molar-refractivity contribution >= 4 is 5.91 Å². The summed E-state index contributed by atoms with van der Waals surface area (Å²) in [4.78, 5) is 17.2. The van der Waals surface area contributed by atoms with Gasteiger partial charge >= 0.3 is 0 Å². The smallest absolute Gasteiger partial charge is 0.254 e. The third kappa shape index (κ3) is 4.86.